The number of halogens is 1. The van der Waals surface area contributed by atoms with Crippen LogP contribution in [0.3, 0.4) is 0 Å². The standard InChI is InChI=1S/C20H39NO2.ClH/c1-4-20(22)23-19-17-15-13-11-9-7-5-6-8-10-12-14-16-18-21(2)3;/h4H,1,5-19H2,2-3H3;1H. The summed E-state index contributed by atoms with van der Waals surface area (Å²) in [4.78, 5) is 12.4. The molecule has 0 spiro atoms. The van der Waals surface area contributed by atoms with Gasteiger partial charge in [-0.1, -0.05) is 70.8 Å². The first-order valence-corrected chi connectivity index (χ1v) is 9.75. The molecule has 0 fully saturated rings. The quantitative estimate of drug-likeness (QED) is 0.237. The lowest BCUT2D eigenvalue weighted by molar-refractivity contribution is -0.858. The fraction of sp³-hybridized carbons (Fsp3) is 0.850. The van der Waals surface area contributed by atoms with E-state index in [0.717, 1.165) is 6.42 Å². The Balaban J connectivity index is 0. The average Bonchev–Trinajstić information content (AvgIpc) is 2.53. The molecule has 0 aromatic rings. The Morgan fingerprint density at radius 1 is 0.792 bits per heavy atom. The zero-order valence-corrected chi connectivity index (χ0v) is 16.8. The topological polar surface area (TPSA) is 30.7 Å². The lowest BCUT2D eigenvalue weighted by Gasteiger charge is -2.06. The van der Waals surface area contributed by atoms with E-state index < -0.39 is 0 Å². The predicted molar refractivity (Wildman–Crippen MR) is 98.9 cm³/mol. The number of carbonyl (C=O) groups is 1. The molecule has 0 unspecified atom stereocenters. The number of ether oxygens (including phenoxy) is 1. The SMILES string of the molecule is C=CC(=O)OCCCCCCCCCCCCCCC[NH+](C)C.[Cl-]. The van der Waals surface area contributed by atoms with Gasteiger partial charge in [0.15, 0.2) is 0 Å². The molecule has 0 rings (SSSR count). The smallest absolute Gasteiger partial charge is 0.330 e. The molecule has 0 aliphatic rings. The summed E-state index contributed by atoms with van der Waals surface area (Å²) in [6, 6.07) is 0. The van der Waals surface area contributed by atoms with Crippen molar-refractivity contribution < 1.29 is 26.8 Å². The molecule has 0 radical (unpaired) electrons. The number of quaternary nitrogens is 1. The summed E-state index contributed by atoms with van der Waals surface area (Å²) >= 11 is 0. The van der Waals surface area contributed by atoms with Crippen molar-refractivity contribution in [2.45, 2.75) is 83.5 Å². The molecule has 0 amide bonds. The van der Waals surface area contributed by atoms with Crippen LogP contribution >= 0.6 is 0 Å². The van der Waals surface area contributed by atoms with Gasteiger partial charge in [0.2, 0.25) is 0 Å². The molecule has 24 heavy (non-hydrogen) atoms. The van der Waals surface area contributed by atoms with Crippen LogP contribution in [-0.4, -0.2) is 33.2 Å². The summed E-state index contributed by atoms with van der Waals surface area (Å²) in [5.74, 6) is -0.302. The van der Waals surface area contributed by atoms with Crippen molar-refractivity contribution in [3.8, 4) is 0 Å². The highest BCUT2D eigenvalue weighted by atomic mass is 35.5. The third-order valence-electron chi connectivity index (χ3n) is 4.23. The van der Waals surface area contributed by atoms with Gasteiger partial charge >= 0.3 is 5.97 Å². The average molecular weight is 362 g/mol. The number of esters is 1. The second kappa shape index (κ2) is 20.5. The van der Waals surface area contributed by atoms with Crippen molar-refractivity contribution in [3.05, 3.63) is 12.7 Å². The fourth-order valence-electron chi connectivity index (χ4n) is 2.76. The van der Waals surface area contributed by atoms with Gasteiger partial charge in [0.1, 0.15) is 0 Å². The van der Waals surface area contributed by atoms with Gasteiger partial charge in [0.25, 0.3) is 0 Å². The third-order valence-corrected chi connectivity index (χ3v) is 4.23. The molecule has 0 bridgehead atoms. The maximum Gasteiger partial charge on any atom is 0.330 e. The van der Waals surface area contributed by atoms with Crippen LogP contribution in [-0.2, 0) is 9.53 Å². The van der Waals surface area contributed by atoms with Crippen molar-refractivity contribution in [1.29, 1.82) is 0 Å². The van der Waals surface area contributed by atoms with Crippen LogP contribution in [0.15, 0.2) is 12.7 Å². The summed E-state index contributed by atoms with van der Waals surface area (Å²) in [5, 5.41) is 0. The lowest BCUT2D eigenvalue weighted by atomic mass is 10.0. The Morgan fingerprint density at radius 3 is 1.54 bits per heavy atom. The molecule has 0 aromatic carbocycles. The number of hydrogen-bond acceptors (Lipinski definition) is 2. The molecule has 0 aliphatic carbocycles. The van der Waals surface area contributed by atoms with E-state index in [1.165, 1.54) is 89.7 Å². The Hall–Kier alpha value is -0.540. The van der Waals surface area contributed by atoms with Crippen LogP contribution in [0.25, 0.3) is 0 Å². The molecule has 0 saturated carbocycles. The molecule has 4 heteroatoms. The monoisotopic (exact) mass is 361 g/mol. The summed E-state index contributed by atoms with van der Waals surface area (Å²) in [7, 11) is 4.47. The van der Waals surface area contributed by atoms with Gasteiger partial charge in [-0.15, -0.1) is 0 Å². The number of rotatable bonds is 17. The summed E-state index contributed by atoms with van der Waals surface area (Å²) in [5.41, 5.74) is 0. The van der Waals surface area contributed by atoms with E-state index in [-0.39, 0.29) is 18.4 Å². The van der Waals surface area contributed by atoms with Gasteiger partial charge in [0.05, 0.1) is 27.2 Å². The fourth-order valence-corrected chi connectivity index (χ4v) is 2.76. The van der Waals surface area contributed by atoms with Gasteiger partial charge in [-0.25, -0.2) is 4.79 Å². The third kappa shape index (κ3) is 21.5. The van der Waals surface area contributed by atoms with Crippen LogP contribution in [0.5, 0.6) is 0 Å². The number of unbranched alkanes of at least 4 members (excludes halogenated alkanes) is 12. The van der Waals surface area contributed by atoms with Gasteiger partial charge in [-0.2, -0.15) is 0 Å². The molecule has 0 heterocycles. The molecule has 144 valence electrons. The zero-order valence-electron chi connectivity index (χ0n) is 16.1. The second-order valence-electron chi connectivity index (χ2n) is 6.92. The molecule has 3 nitrogen and oxygen atoms in total. The maximum atomic E-state index is 10.8. The van der Waals surface area contributed by atoms with Gasteiger partial charge < -0.3 is 22.0 Å². The molecule has 1 N–H and O–H groups in total. The minimum absolute atomic E-state index is 0. The first-order valence-electron chi connectivity index (χ1n) is 9.75. The molecule has 0 saturated heterocycles. The van der Waals surface area contributed by atoms with Gasteiger partial charge in [0, 0.05) is 6.08 Å². The summed E-state index contributed by atoms with van der Waals surface area (Å²) in [6.45, 7) is 5.24. The summed E-state index contributed by atoms with van der Waals surface area (Å²) < 4.78 is 4.95. The second-order valence-corrected chi connectivity index (χ2v) is 6.92. The Morgan fingerprint density at radius 2 is 1.17 bits per heavy atom. The first kappa shape index (κ1) is 25.7. The Bertz CT molecular complexity index is 283. The minimum Gasteiger partial charge on any atom is -1.00 e. The molecule has 0 aliphatic heterocycles. The minimum atomic E-state index is -0.302. The Kier molecular flexibility index (Phi) is 22.0. The van der Waals surface area contributed by atoms with E-state index in [2.05, 4.69) is 20.7 Å². The van der Waals surface area contributed by atoms with E-state index in [1.54, 1.807) is 4.90 Å². The normalized spacial score (nSPS) is 10.5. The number of nitrogens with one attached hydrogen (secondary N) is 1. The van der Waals surface area contributed by atoms with Crippen LogP contribution in [0.4, 0.5) is 0 Å². The largest absolute Gasteiger partial charge is 1.00 e. The highest BCUT2D eigenvalue weighted by Gasteiger charge is 1.97. The van der Waals surface area contributed by atoms with E-state index in [4.69, 9.17) is 4.74 Å². The Labute approximate surface area is 156 Å². The van der Waals surface area contributed by atoms with Crippen LogP contribution < -0.4 is 17.3 Å². The first-order chi connectivity index (χ1) is 11.2. The predicted octanol–water partition coefficient (Wildman–Crippen LogP) is 0.935. The van der Waals surface area contributed by atoms with Crippen LogP contribution in [0.1, 0.15) is 83.5 Å². The van der Waals surface area contributed by atoms with Crippen LogP contribution in [0, 0.1) is 0 Å². The van der Waals surface area contributed by atoms with Crippen molar-refractivity contribution in [2.75, 3.05) is 27.2 Å². The zero-order chi connectivity index (χ0) is 17.2. The highest BCUT2D eigenvalue weighted by molar-refractivity contribution is 5.81. The van der Waals surface area contributed by atoms with E-state index >= 15 is 0 Å². The van der Waals surface area contributed by atoms with E-state index in [1.807, 2.05) is 0 Å². The summed E-state index contributed by atoms with van der Waals surface area (Å²) in [6.07, 6.45) is 18.6. The molecular weight excluding hydrogens is 322 g/mol. The van der Waals surface area contributed by atoms with Crippen molar-refractivity contribution in [1.82, 2.24) is 0 Å². The number of hydrogen-bond donors (Lipinski definition) is 1. The maximum absolute atomic E-state index is 10.8. The molecule has 0 atom stereocenters. The van der Waals surface area contributed by atoms with Crippen molar-refractivity contribution in [3.63, 3.8) is 0 Å². The van der Waals surface area contributed by atoms with Crippen molar-refractivity contribution >= 4 is 5.97 Å². The van der Waals surface area contributed by atoms with Gasteiger partial charge in [-0.3, -0.25) is 0 Å². The van der Waals surface area contributed by atoms with Crippen LogP contribution in [0.2, 0.25) is 0 Å². The molecular formula is C20H40ClNO2. The highest BCUT2D eigenvalue weighted by Crippen LogP contribution is 2.12. The molecule has 0 aromatic heterocycles. The lowest BCUT2D eigenvalue weighted by Crippen LogP contribution is -3.05. The van der Waals surface area contributed by atoms with Crippen molar-refractivity contribution in [2.24, 2.45) is 0 Å². The van der Waals surface area contributed by atoms with E-state index in [9.17, 15) is 4.79 Å². The van der Waals surface area contributed by atoms with E-state index in [0.29, 0.717) is 6.61 Å². The number of carbonyl (C=O) groups excluding carboxylic acids is 1. The van der Waals surface area contributed by atoms with Gasteiger partial charge in [-0.05, 0) is 19.3 Å².